The second kappa shape index (κ2) is 12.1. The number of hydrogen-bond donors (Lipinski definition) is 3. The minimum atomic E-state index is -1.33. The molecule has 0 radical (unpaired) electrons. The molecule has 0 aliphatic carbocycles. The summed E-state index contributed by atoms with van der Waals surface area (Å²) >= 11 is 12.9. The number of carboxylic acids is 1. The van der Waals surface area contributed by atoms with Crippen molar-refractivity contribution < 1.29 is 39.2 Å². The van der Waals surface area contributed by atoms with Crippen molar-refractivity contribution in [2.75, 3.05) is 24.5 Å². The predicted octanol–water partition coefficient (Wildman–Crippen LogP) is 5.91. The smallest absolute Gasteiger partial charge is 0.420 e. The van der Waals surface area contributed by atoms with Gasteiger partial charge in [0.1, 0.15) is 40.3 Å². The lowest BCUT2D eigenvalue weighted by molar-refractivity contribution is -0.135. The molecule has 39 heavy (non-hydrogen) atoms. The molecule has 0 saturated carbocycles. The zero-order valence-corrected chi connectivity index (χ0v) is 22.0. The van der Waals surface area contributed by atoms with E-state index in [2.05, 4.69) is 0 Å². The maximum absolute atomic E-state index is 12.9. The van der Waals surface area contributed by atoms with Gasteiger partial charge in [-0.05, 0) is 73.9 Å². The average molecular weight is 575 g/mol. The molecule has 204 valence electrons. The first-order valence-corrected chi connectivity index (χ1v) is 12.7. The zero-order chi connectivity index (χ0) is 28.1. The Bertz CT molecular complexity index is 1390. The van der Waals surface area contributed by atoms with E-state index in [1.807, 2.05) is 0 Å². The van der Waals surface area contributed by atoms with Crippen LogP contribution in [0.15, 0.2) is 54.6 Å². The average Bonchev–Trinajstić information content (AvgIpc) is 2.92. The second-order valence-corrected chi connectivity index (χ2v) is 9.44. The number of phenols is 2. The Morgan fingerprint density at radius 1 is 0.872 bits per heavy atom. The van der Waals surface area contributed by atoms with Crippen LogP contribution < -0.4 is 14.4 Å². The van der Waals surface area contributed by atoms with Gasteiger partial charge in [-0.15, -0.1) is 0 Å². The highest BCUT2D eigenvalue weighted by molar-refractivity contribution is 6.45. The number of piperidine rings is 1. The van der Waals surface area contributed by atoms with Crippen LogP contribution in [-0.4, -0.2) is 57.8 Å². The van der Waals surface area contributed by atoms with Gasteiger partial charge in [-0.2, -0.15) is 0 Å². The predicted molar refractivity (Wildman–Crippen MR) is 144 cm³/mol. The number of phenolic OH excluding ortho intramolecular Hbond substituents is 2. The van der Waals surface area contributed by atoms with E-state index in [0.717, 1.165) is 24.2 Å². The first kappa shape index (κ1) is 27.9. The van der Waals surface area contributed by atoms with E-state index < -0.39 is 18.6 Å². The van der Waals surface area contributed by atoms with Crippen LogP contribution in [0.1, 0.15) is 29.6 Å². The van der Waals surface area contributed by atoms with E-state index in [9.17, 15) is 29.7 Å². The number of carbonyl (C=O) groups is 3. The minimum absolute atomic E-state index is 0.0424. The lowest BCUT2D eigenvalue weighted by atomic mass is 10.1. The van der Waals surface area contributed by atoms with Crippen LogP contribution in [0.2, 0.25) is 10.0 Å². The number of anilines is 1. The topological polar surface area (TPSA) is 137 Å². The van der Waals surface area contributed by atoms with Crippen LogP contribution in [0.4, 0.5) is 10.5 Å². The monoisotopic (exact) mass is 574 g/mol. The Labute approximate surface area is 233 Å². The first-order valence-electron chi connectivity index (χ1n) is 11.9. The summed E-state index contributed by atoms with van der Waals surface area (Å²) in [6.07, 6.45) is 1.79. The van der Waals surface area contributed by atoms with Gasteiger partial charge in [-0.3, -0.25) is 14.5 Å². The van der Waals surface area contributed by atoms with E-state index in [1.165, 1.54) is 54.6 Å². The lowest BCUT2D eigenvalue weighted by Gasteiger charge is -2.27. The Balaban J connectivity index is 1.58. The van der Waals surface area contributed by atoms with Crippen molar-refractivity contribution in [2.45, 2.75) is 19.3 Å². The molecular weight excluding hydrogens is 551 g/mol. The molecule has 3 aromatic carbocycles. The van der Waals surface area contributed by atoms with Gasteiger partial charge in [0.25, 0.3) is 5.91 Å². The summed E-state index contributed by atoms with van der Waals surface area (Å²) in [4.78, 5) is 39.7. The molecule has 1 saturated heterocycles. The van der Waals surface area contributed by atoms with Gasteiger partial charge in [0, 0.05) is 13.1 Å². The summed E-state index contributed by atoms with van der Waals surface area (Å²) in [5.41, 5.74) is 0.0321. The molecule has 3 aromatic rings. The molecule has 1 heterocycles. The Hall–Kier alpha value is -4.15. The number of nitrogens with zero attached hydrogens (tertiary/aromatic N) is 2. The number of benzene rings is 3. The summed E-state index contributed by atoms with van der Waals surface area (Å²) in [6.45, 7) is 0.426. The normalized spacial score (nSPS) is 13.0. The summed E-state index contributed by atoms with van der Waals surface area (Å²) in [7, 11) is 0. The fourth-order valence-electron chi connectivity index (χ4n) is 4.01. The quantitative estimate of drug-likeness (QED) is 0.316. The summed E-state index contributed by atoms with van der Waals surface area (Å²) in [6, 6.07) is 12.2. The Morgan fingerprint density at radius 2 is 1.54 bits per heavy atom. The summed E-state index contributed by atoms with van der Waals surface area (Å²) in [5, 5.41) is 28.7. The molecular formula is C27H24Cl2N2O8. The number of likely N-dealkylation sites (tertiary alicyclic amines) is 1. The fraction of sp³-hybridized carbons (Fsp3) is 0.222. The molecule has 1 aliphatic rings. The van der Waals surface area contributed by atoms with E-state index in [0.29, 0.717) is 13.1 Å². The molecule has 4 rings (SSSR count). The van der Waals surface area contributed by atoms with Crippen LogP contribution in [-0.2, 0) is 4.79 Å². The Morgan fingerprint density at radius 3 is 2.21 bits per heavy atom. The van der Waals surface area contributed by atoms with Gasteiger partial charge in [0.2, 0.25) is 0 Å². The van der Waals surface area contributed by atoms with Crippen molar-refractivity contribution in [1.29, 1.82) is 0 Å². The molecule has 0 spiro atoms. The van der Waals surface area contributed by atoms with Crippen LogP contribution >= 0.6 is 23.2 Å². The molecule has 10 nitrogen and oxygen atoms in total. The number of amides is 2. The van der Waals surface area contributed by atoms with Crippen molar-refractivity contribution in [3.63, 3.8) is 0 Å². The van der Waals surface area contributed by atoms with Gasteiger partial charge in [-0.25, -0.2) is 4.79 Å². The molecule has 2 amide bonds. The highest BCUT2D eigenvalue weighted by Gasteiger charge is 2.26. The van der Waals surface area contributed by atoms with Crippen molar-refractivity contribution in [3.8, 4) is 28.7 Å². The number of rotatable bonds is 7. The standard InChI is InChI=1S/C27H24Cl2N2O8/c28-24-20(31(15-23(34)35)27(37)39-17-6-4-16(32)5-7-17)9-11-22(25(24)29)38-18-8-10-21(33)19(14-18)26(36)30-12-2-1-3-13-30/h4-11,14,32-33H,1-3,12-13,15H2,(H,34,35). The molecule has 3 N–H and O–H groups in total. The fourth-order valence-corrected chi connectivity index (χ4v) is 4.46. The number of carboxylic acid groups (broad SMARTS) is 1. The van der Waals surface area contributed by atoms with Crippen LogP contribution in [0, 0.1) is 0 Å². The van der Waals surface area contributed by atoms with Gasteiger partial charge in [0.05, 0.1) is 16.3 Å². The third kappa shape index (κ3) is 6.65. The van der Waals surface area contributed by atoms with Gasteiger partial charge < -0.3 is 29.7 Å². The molecule has 1 fully saturated rings. The first-order chi connectivity index (χ1) is 18.6. The summed E-state index contributed by atoms with van der Waals surface area (Å²) in [5.74, 6) is -1.54. The van der Waals surface area contributed by atoms with Crippen LogP contribution in [0.5, 0.6) is 28.7 Å². The van der Waals surface area contributed by atoms with Gasteiger partial charge >= 0.3 is 12.1 Å². The lowest BCUT2D eigenvalue weighted by Crippen LogP contribution is -2.38. The second-order valence-electron chi connectivity index (χ2n) is 8.69. The van der Waals surface area contributed by atoms with Crippen LogP contribution in [0.25, 0.3) is 0 Å². The highest BCUT2D eigenvalue weighted by Crippen LogP contribution is 2.42. The zero-order valence-electron chi connectivity index (χ0n) is 20.5. The maximum atomic E-state index is 12.9. The molecule has 1 aliphatic heterocycles. The van der Waals surface area contributed by atoms with E-state index >= 15 is 0 Å². The Kier molecular flexibility index (Phi) is 8.68. The number of hydrogen-bond acceptors (Lipinski definition) is 7. The molecule has 0 unspecified atom stereocenters. The van der Waals surface area contributed by atoms with Crippen LogP contribution in [0.3, 0.4) is 0 Å². The third-order valence-corrected chi connectivity index (χ3v) is 6.80. The number of aliphatic carboxylic acids is 1. The molecule has 12 heteroatoms. The number of carbonyl (C=O) groups excluding carboxylic acids is 2. The van der Waals surface area contributed by atoms with Gasteiger partial charge in [-0.1, -0.05) is 23.2 Å². The third-order valence-electron chi connectivity index (χ3n) is 5.94. The van der Waals surface area contributed by atoms with Crippen molar-refractivity contribution in [3.05, 3.63) is 70.2 Å². The van der Waals surface area contributed by atoms with E-state index in [1.54, 1.807) is 4.90 Å². The molecule has 0 aromatic heterocycles. The van der Waals surface area contributed by atoms with E-state index in [-0.39, 0.29) is 56.0 Å². The van der Waals surface area contributed by atoms with Crippen molar-refractivity contribution in [2.24, 2.45) is 0 Å². The SMILES string of the molecule is O=C(O)CN(C(=O)Oc1ccc(O)cc1)c1ccc(Oc2ccc(O)c(C(=O)N3CCCCC3)c2)c(Cl)c1Cl. The minimum Gasteiger partial charge on any atom is -0.508 e. The van der Waals surface area contributed by atoms with Crippen molar-refractivity contribution in [1.82, 2.24) is 4.90 Å². The summed E-state index contributed by atoms with van der Waals surface area (Å²) < 4.78 is 11.1. The number of halogens is 2. The van der Waals surface area contributed by atoms with Crippen molar-refractivity contribution >= 4 is 46.9 Å². The maximum Gasteiger partial charge on any atom is 0.420 e. The molecule has 0 bridgehead atoms. The largest absolute Gasteiger partial charge is 0.508 e. The highest BCUT2D eigenvalue weighted by atomic mass is 35.5. The van der Waals surface area contributed by atoms with E-state index in [4.69, 9.17) is 32.7 Å². The molecule has 0 atom stereocenters. The van der Waals surface area contributed by atoms with Gasteiger partial charge in [0.15, 0.2) is 0 Å². The number of ether oxygens (including phenoxy) is 2. The number of aromatic hydroxyl groups is 2.